The van der Waals surface area contributed by atoms with Gasteiger partial charge in [-0.3, -0.25) is 14.5 Å². The van der Waals surface area contributed by atoms with Crippen LogP contribution in [0.2, 0.25) is 0 Å². The van der Waals surface area contributed by atoms with Crippen LogP contribution < -0.4 is 10.6 Å². The largest absolute Gasteiger partial charge is 0.379 e. The Balaban J connectivity index is 1.41. The Bertz CT molecular complexity index is 705. The summed E-state index contributed by atoms with van der Waals surface area (Å²) in [4.78, 5) is 32.4. The van der Waals surface area contributed by atoms with E-state index in [0.717, 1.165) is 77.2 Å². The van der Waals surface area contributed by atoms with Crippen molar-refractivity contribution in [1.82, 2.24) is 25.1 Å². The third kappa shape index (κ3) is 4.38. The quantitative estimate of drug-likeness (QED) is 0.756. The van der Waals surface area contributed by atoms with Crippen LogP contribution in [0.5, 0.6) is 0 Å². The van der Waals surface area contributed by atoms with Gasteiger partial charge in [0.15, 0.2) is 5.82 Å². The second-order valence-corrected chi connectivity index (χ2v) is 8.00. The zero-order valence-electron chi connectivity index (χ0n) is 16.5. The predicted molar refractivity (Wildman–Crippen MR) is 104 cm³/mol. The summed E-state index contributed by atoms with van der Waals surface area (Å²) >= 11 is 0. The highest BCUT2D eigenvalue weighted by molar-refractivity contribution is 5.97. The maximum absolute atomic E-state index is 12.8. The fraction of sp³-hybridized carbons (Fsp3) is 0.750. The van der Waals surface area contributed by atoms with Gasteiger partial charge in [-0.05, 0) is 32.1 Å². The fourth-order valence-corrected chi connectivity index (χ4v) is 4.45. The number of fused-ring (bicyclic) bond motifs is 1. The molecule has 28 heavy (non-hydrogen) atoms. The summed E-state index contributed by atoms with van der Waals surface area (Å²) in [5.41, 5.74) is 1.34. The van der Waals surface area contributed by atoms with Crippen molar-refractivity contribution in [3.8, 4) is 0 Å². The maximum atomic E-state index is 12.8. The van der Waals surface area contributed by atoms with Crippen molar-refractivity contribution >= 4 is 11.8 Å². The van der Waals surface area contributed by atoms with Gasteiger partial charge in [-0.25, -0.2) is 4.98 Å². The number of aromatic nitrogens is 2. The lowest BCUT2D eigenvalue weighted by atomic mass is 10.1. The van der Waals surface area contributed by atoms with Gasteiger partial charge in [0.25, 0.3) is 11.8 Å². The highest BCUT2D eigenvalue weighted by atomic mass is 16.5. The van der Waals surface area contributed by atoms with Crippen LogP contribution in [-0.4, -0.2) is 71.7 Å². The molecule has 2 fully saturated rings. The van der Waals surface area contributed by atoms with Crippen molar-refractivity contribution < 1.29 is 14.3 Å². The number of ether oxygens (including phenoxy) is 1. The van der Waals surface area contributed by atoms with Gasteiger partial charge < -0.3 is 19.9 Å². The number of hydrogen-bond acceptors (Lipinski definition) is 5. The molecule has 1 saturated heterocycles. The smallest absolute Gasteiger partial charge is 0.287 e. The highest BCUT2D eigenvalue weighted by Gasteiger charge is 2.29. The molecule has 0 unspecified atom stereocenters. The van der Waals surface area contributed by atoms with Crippen LogP contribution in [-0.2, 0) is 17.7 Å². The first-order valence-corrected chi connectivity index (χ1v) is 10.7. The van der Waals surface area contributed by atoms with Gasteiger partial charge in [0.05, 0.1) is 18.9 Å². The van der Waals surface area contributed by atoms with Crippen LogP contribution in [0.3, 0.4) is 0 Å². The maximum Gasteiger partial charge on any atom is 0.287 e. The Hall–Kier alpha value is -1.93. The van der Waals surface area contributed by atoms with Crippen molar-refractivity contribution in [1.29, 1.82) is 0 Å². The highest BCUT2D eigenvalue weighted by Crippen LogP contribution is 2.22. The monoisotopic (exact) mass is 389 g/mol. The van der Waals surface area contributed by atoms with Gasteiger partial charge in [-0.2, -0.15) is 0 Å². The van der Waals surface area contributed by atoms with Gasteiger partial charge >= 0.3 is 0 Å². The third-order valence-electron chi connectivity index (χ3n) is 6.04. The topological polar surface area (TPSA) is 88.5 Å². The molecule has 3 aliphatic rings. The van der Waals surface area contributed by atoms with Gasteiger partial charge in [0.1, 0.15) is 5.69 Å². The first-order chi connectivity index (χ1) is 13.7. The van der Waals surface area contributed by atoms with Gasteiger partial charge in [0, 0.05) is 38.8 Å². The number of carbonyl (C=O) groups is 2. The van der Waals surface area contributed by atoms with Crippen molar-refractivity contribution in [2.24, 2.45) is 0 Å². The normalized spacial score (nSPS) is 20.7. The minimum Gasteiger partial charge on any atom is -0.379 e. The van der Waals surface area contributed by atoms with Crippen LogP contribution in [0, 0.1) is 0 Å². The Morgan fingerprint density at radius 3 is 2.61 bits per heavy atom. The van der Waals surface area contributed by atoms with Crippen molar-refractivity contribution in [2.45, 2.75) is 57.5 Å². The molecular weight excluding hydrogens is 358 g/mol. The van der Waals surface area contributed by atoms with Crippen LogP contribution in [0.1, 0.15) is 65.3 Å². The van der Waals surface area contributed by atoms with Crippen LogP contribution in [0.15, 0.2) is 0 Å². The van der Waals surface area contributed by atoms with E-state index in [-0.39, 0.29) is 17.9 Å². The number of nitrogens with zero attached hydrogens (tertiary/aromatic N) is 3. The molecule has 3 heterocycles. The number of rotatable bonds is 6. The SMILES string of the molecule is O=C(NCCN1CCOCC1)c1nc(C(=O)NC2CCCC2)n2c1CCCC2. The van der Waals surface area contributed by atoms with E-state index in [1.54, 1.807) is 0 Å². The molecule has 1 aliphatic carbocycles. The number of amides is 2. The minimum atomic E-state index is -0.168. The molecule has 0 aromatic carbocycles. The van der Waals surface area contributed by atoms with Crippen LogP contribution in [0.25, 0.3) is 0 Å². The van der Waals surface area contributed by atoms with E-state index in [9.17, 15) is 9.59 Å². The Kier molecular flexibility index (Phi) is 6.26. The standard InChI is InChI=1S/C20H31N5O3/c26-19(21-8-10-24-11-13-28-14-12-24)17-16-7-3-4-9-25(16)18(23-17)20(27)22-15-5-1-2-6-15/h15H,1-14H2,(H,21,26)(H,22,27). The zero-order chi connectivity index (χ0) is 19.3. The molecule has 8 nitrogen and oxygen atoms in total. The van der Waals surface area contributed by atoms with Crippen molar-refractivity contribution in [3.63, 3.8) is 0 Å². The lowest BCUT2D eigenvalue weighted by molar-refractivity contribution is 0.0383. The molecule has 4 rings (SSSR count). The van der Waals surface area contributed by atoms with E-state index in [1.165, 1.54) is 12.8 Å². The van der Waals surface area contributed by atoms with E-state index >= 15 is 0 Å². The third-order valence-corrected chi connectivity index (χ3v) is 6.04. The molecule has 1 aromatic rings. The van der Waals surface area contributed by atoms with Crippen LogP contribution in [0.4, 0.5) is 0 Å². The molecule has 154 valence electrons. The Labute approximate surface area is 166 Å². The number of imidazole rings is 1. The summed E-state index contributed by atoms with van der Waals surface area (Å²) in [5.74, 6) is 0.0983. The average Bonchev–Trinajstić information content (AvgIpc) is 3.36. The number of hydrogen-bond donors (Lipinski definition) is 2. The zero-order valence-corrected chi connectivity index (χ0v) is 16.5. The second kappa shape index (κ2) is 9.05. The Morgan fingerprint density at radius 2 is 1.82 bits per heavy atom. The molecule has 0 spiro atoms. The molecule has 0 bridgehead atoms. The summed E-state index contributed by atoms with van der Waals surface area (Å²) in [7, 11) is 0. The molecule has 1 saturated carbocycles. The lowest BCUT2D eigenvalue weighted by Gasteiger charge is -2.26. The molecule has 1 aromatic heterocycles. The van der Waals surface area contributed by atoms with E-state index in [1.807, 2.05) is 4.57 Å². The molecule has 0 atom stereocenters. The predicted octanol–water partition coefficient (Wildman–Crippen LogP) is 0.954. The van der Waals surface area contributed by atoms with Gasteiger partial charge in [0.2, 0.25) is 0 Å². The van der Waals surface area contributed by atoms with Crippen LogP contribution >= 0.6 is 0 Å². The van der Waals surface area contributed by atoms with Gasteiger partial charge in [-0.1, -0.05) is 12.8 Å². The number of carbonyl (C=O) groups excluding carboxylic acids is 2. The molecule has 2 N–H and O–H groups in total. The first-order valence-electron chi connectivity index (χ1n) is 10.7. The fourth-order valence-electron chi connectivity index (χ4n) is 4.45. The summed E-state index contributed by atoms with van der Waals surface area (Å²) in [6, 6.07) is 0.245. The Morgan fingerprint density at radius 1 is 1.04 bits per heavy atom. The summed E-state index contributed by atoms with van der Waals surface area (Å²) < 4.78 is 7.31. The van der Waals surface area contributed by atoms with E-state index in [4.69, 9.17) is 4.74 Å². The summed E-state index contributed by atoms with van der Waals surface area (Å²) in [6.07, 6.45) is 7.26. The van der Waals surface area contributed by atoms with E-state index in [2.05, 4.69) is 20.5 Å². The number of morpholine rings is 1. The minimum absolute atomic E-state index is 0.137. The molecular formula is C20H31N5O3. The molecule has 2 amide bonds. The number of nitrogens with one attached hydrogen (secondary N) is 2. The second-order valence-electron chi connectivity index (χ2n) is 8.00. The van der Waals surface area contributed by atoms with E-state index < -0.39 is 0 Å². The molecule has 8 heteroatoms. The molecule has 2 aliphatic heterocycles. The van der Waals surface area contributed by atoms with E-state index in [0.29, 0.717) is 18.1 Å². The van der Waals surface area contributed by atoms with Crippen molar-refractivity contribution in [3.05, 3.63) is 17.2 Å². The lowest BCUT2D eigenvalue weighted by Crippen LogP contribution is -2.41. The molecule has 0 radical (unpaired) electrons. The summed E-state index contributed by atoms with van der Waals surface area (Å²) in [6.45, 7) is 5.46. The average molecular weight is 390 g/mol. The van der Waals surface area contributed by atoms with Crippen molar-refractivity contribution in [2.75, 3.05) is 39.4 Å². The summed E-state index contributed by atoms with van der Waals surface area (Å²) in [5, 5.41) is 6.10. The first kappa shape index (κ1) is 19.4. The van der Waals surface area contributed by atoms with Gasteiger partial charge in [-0.15, -0.1) is 0 Å².